The molecule has 0 aliphatic heterocycles. The highest BCUT2D eigenvalue weighted by atomic mass is 16.5. The summed E-state index contributed by atoms with van der Waals surface area (Å²) in [6, 6.07) is -2.19. The molecule has 0 saturated heterocycles. The van der Waals surface area contributed by atoms with Crippen LogP contribution in [0.2, 0.25) is 0 Å². The van der Waals surface area contributed by atoms with E-state index in [0.717, 1.165) is 0 Å². The van der Waals surface area contributed by atoms with E-state index < -0.39 is 24.1 Å². The summed E-state index contributed by atoms with van der Waals surface area (Å²) in [4.78, 5) is 24.5. The number of aliphatic hydroxyl groups is 1. The quantitative estimate of drug-likeness (QED) is 0.529. The van der Waals surface area contributed by atoms with Crippen LogP contribution in [0, 0.1) is 0 Å². The van der Waals surface area contributed by atoms with Gasteiger partial charge in [-0.15, -0.1) is 0 Å². The number of carboxylic acid groups (broad SMARTS) is 1. The van der Waals surface area contributed by atoms with Crippen LogP contribution >= 0.6 is 0 Å². The third-order valence-electron chi connectivity index (χ3n) is 2.76. The minimum absolute atomic E-state index is 0.251. The van der Waals surface area contributed by atoms with Crippen molar-refractivity contribution in [3.63, 3.8) is 0 Å². The molecule has 3 unspecified atom stereocenters. The van der Waals surface area contributed by atoms with E-state index in [1.54, 1.807) is 6.92 Å². The van der Waals surface area contributed by atoms with E-state index in [-0.39, 0.29) is 6.04 Å². The molecular weight excluding hydrogens is 268 g/mol. The van der Waals surface area contributed by atoms with E-state index in [2.05, 4.69) is 5.32 Å². The summed E-state index contributed by atoms with van der Waals surface area (Å²) < 4.78 is 9.91. The minimum Gasteiger partial charge on any atom is -0.480 e. The minimum atomic E-state index is -1.36. The van der Waals surface area contributed by atoms with Gasteiger partial charge >= 0.3 is 12.0 Å². The number of nitrogens with zero attached hydrogens (tertiary/aromatic N) is 1. The van der Waals surface area contributed by atoms with Gasteiger partial charge in [-0.1, -0.05) is 0 Å². The van der Waals surface area contributed by atoms with Gasteiger partial charge in [0.15, 0.2) is 6.04 Å². The lowest BCUT2D eigenvalue weighted by Crippen LogP contribution is -2.55. The Hall–Kier alpha value is -1.38. The summed E-state index contributed by atoms with van der Waals surface area (Å²) in [5.41, 5.74) is 0. The highest BCUT2D eigenvalue weighted by molar-refractivity contribution is 5.83. The van der Waals surface area contributed by atoms with Crippen molar-refractivity contribution in [2.45, 2.75) is 32.0 Å². The van der Waals surface area contributed by atoms with Gasteiger partial charge in [0.05, 0.1) is 25.4 Å². The van der Waals surface area contributed by atoms with Crippen LogP contribution in [-0.4, -0.2) is 79.3 Å². The van der Waals surface area contributed by atoms with Crippen molar-refractivity contribution < 1.29 is 29.3 Å². The number of carboxylic acids is 1. The molecule has 0 heterocycles. The van der Waals surface area contributed by atoms with Gasteiger partial charge in [-0.3, -0.25) is 0 Å². The number of methoxy groups -OCH3 is 2. The molecule has 0 fully saturated rings. The maximum atomic E-state index is 12.1. The molecule has 0 aliphatic carbocycles. The lowest BCUT2D eigenvalue weighted by atomic mass is 10.2. The van der Waals surface area contributed by atoms with Crippen molar-refractivity contribution in [3.05, 3.63) is 0 Å². The first-order valence-corrected chi connectivity index (χ1v) is 6.31. The second kappa shape index (κ2) is 9.51. The Morgan fingerprint density at radius 3 is 2.25 bits per heavy atom. The van der Waals surface area contributed by atoms with Gasteiger partial charge in [0.2, 0.25) is 0 Å². The summed E-state index contributed by atoms with van der Waals surface area (Å²) in [5.74, 6) is -1.29. The van der Waals surface area contributed by atoms with Crippen LogP contribution in [0.5, 0.6) is 0 Å². The van der Waals surface area contributed by atoms with Crippen LogP contribution in [0.25, 0.3) is 0 Å². The second-order valence-electron chi connectivity index (χ2n) is 4.50. The SMILES string of the molecule is COCCN(C(=O)NC(C(=O)O)C(C)O)C(C)COC. The van der Waals surface area contributed by atoms with Crippen LogP contribution in [0.15, 0.2) is 0 Å². The van der Waals surface area contributed by atoms with Gasteiger partial charge in [0, 0.05) is 20.8 Å². The third-order valence-corrected chi connectivity index (χ3v) is 2.76. The highest BCUT2D eigenvalue weighted by Crippen LogP contribution is 2.03. The first-order chi connectivity index (χ1) is 9.34. The molecule has 0 rings (SSSR count). The van der Waals surface area contributed by atoms with Crippen molar-refractivity contribution in [2.75, 3.05) is 34.0 Å². The average molecular weight is 292 g/mol. The zero-order valence-corrected chi connectivity index (χ0v) is 12.3. The zero-order valence-electron chi connectivity index (χ0n) is 12.3. The molecule has 0 aromatic carbocycles. The van der Waals surface area contributed by atoms with E-state index >= 15 is 0 Å². The Bertz CT molecular complexity index is 310. The van der Waals surface area contributed by atoms with Crippen molar-refractivity contribution in [1.82, 2.24) is 10.2 Å². The number of nitrogens with one attached hydrogen (secondary N) is 1. The van der Waals surface area contributed by atoms with Crippen molar-refractivity contribution in [2.24, 2.45) is 0 Å². The topological polar surface area (TPSA) is 108 Å². The molecule has 0 saturated carbocycles. The van der Waals surface area contributed by atoms with Gasteiger partial charge < -0.3 is 29.9 Å². The summed E-state index contributed by atoms with van der Waals surface area (Å²) in [7, 11) is 3.02. The number of aliphatic carboxylic acids is 1. The molecule has 8 heteroatoms. The monoisotopic (exact) mass is 292 g/mol. The first-order valence-electron chi connectivity index (χ1n) is 6.31. The fourth-order valence-electron chi connectivity index (χ4n) is 1.65. The molecule has 0 spiro atoms. The number of amides is 2. The van der Waals surface area contributed by atoms with Gasteiger partial charge in [-0.05, 0) is 13.8 Å². The van der Waals surface area contributed by atoms with Gasteiger partial charge in [0.1, 0.15) is 0 Å². The second-order valence-corrected chi connectivity index (χ2v) is 4.50. The fourth-order valence-corrected chi connectivity index (χ4v) is 1.65. The zero-order chi connectivity index (χ0) is 15.7. The Kier molecular flexibility index (Phi) is 8.86. The van der Waals surface area contributed by atoms with Crippen LogP contribution in [0.4, 0.5) is 4.79 Å². The van der Waals surface area contributed by atoms with Crippen LogP contribution in [0.3, 0.4) is 0 Å². The Morgan fingerprint density at radius 1 is 1.25 bits per heavy atom. The number of rotatable bonds is 9. The number of ether oxygens (including phenoxy) is 2. The molecule has 0 aromatic heterocycles. The molecule has 3 N–H and O–H groups in total. The molecule has 20 heavy (non-hydrogen) atoms. The Morgan fingerprint density at radius 2 is 1.85 bits per heavy atom. The van der Waals surface area contributed by atoms with Crippen LogP contribution in [0.1, 0.15) is 13.8 Å². The summed E-state index contributed by atoms with van der Waals surface area (Å²) in [5, 5.41) is 20.6. The maximum absolute atomic E-state index is 12.1. The van der Waals surface area contributed by atoms with E-state index in [1.165, 1.54) is 26.0 Å². The summed E-state index contributed by atoms with van der Waals surface area (Å²) >= 11 is 0. The molecule has 3 atom stereocenters. The number of carbonyl (C=O) groups is 2. The van der Waals surface area contributed by atoms with Gasteiger partial charge in [-0.2, -0.15) is 0 Å². The fraction of sp³-hybridized carbons (Fsp3) is 0.833. The first kappa shape index (κ1) is 18.6. The van der Waals surface area contributed by atoms with E-state index in [4.69, 9.17) is 14.6 Å². The highest BCUT2D eigenvalue weighted by Gasteiger charge is 2.28. The molecule has 0 bridgehead atoms. The number of hydrogen-bond acceptors (Lipinski definition) is 5. The smallest absolute Gasteiger partial charge is 0.328 e. The van der Waals surface area contributed by atoms with Crippen molar-refractivity contribution >= 4 is 12.0 Å². The number of aliphatic hydroxyl groups excluding tert-OH is 1. The molecule has 2 amide bonds. The van der Waals surface area contributed by atoms with E-state index in [1.807, 2.05) is 0 Å². The predicted octanol–water partition coefficient (Wildman–Crippen LogP) is -0.487. The number of urea groups is 1. The molecule has 8 nitrogen and oxygen atoms in total. The standard InChI is InChI=1S/C12H24N2O6/c1-8(7-20-4)14(5-6-19-3)12(18)13-10(9(2)15)11(16)17/h8-10,15H,5-7H2,1-4H3,(H,13,18)(H,16,17). The maximum Gasteiger partial charge on any atom is 0.328 e. The Balaban J connectivity index is 4.79. The molecular formula is C12H24N2O6. The molecule has 118 valence electrons. The third kappa shape index (κ3) is 6.18. The molecule has 0 aromatic rings. The Labute approximate surface area is 118 Å². The lowest BCUT2D eigenvalue weighted by molar-refractivity contribution is -0.141. The summed E-state index contributed by atoms with van der Waals surface area (Å²) in [6.07, 6.45) is -1.20. The largest absolute Gasteiger partial charge is 0.480 e. The van der Waals surface area contributed by atoms with E-state index in [9.17, 15) is 14.7 Å². The number of hydrogen-bond donors (Lipinski definition) is 3. The average Bonchev–Trinajstić information content (AvgIpc) is 2.35. The normalized spacial score (nSPS) is 15.2. The molecule has 0 radical (unpaired) electrons. The van der Waals surface area contributed by atoms with Crippen LogP contribution < -0.4 is 5.32 Å². The van der Waals surface area contributed by atoms with Crippen LogP contribution in [-0.2, 0) is 14.3 Å². The van der Waals surface area contributed by atoms with E-state index in [0.29, 0.717) is 19.8 Å². The van der Waals surface area contributed by atoms with Crippen molar-refractivity contribution in [1.29, 1.82) is 0 Å². The summed E-state index contributed by atoms with van der Waals surface area (Å²) in [6.45, 7) is 3.99. The lowest BCUT2D eigenvalue weighted by Gasteiger charge is -2.30. The van der Waals surface area contributed by atoms with Gasteiger partial charge in [0.25, 0.3) is 0 Å². The predicted molar refractivity (Wildman–Crippen MR) is 71.6 cm³/mol. The van der Waals surface area contributed by atoms with Crippen molar-refractivity contribution in [3.8, 4) is 0 Å². The number of carbonyl (C=O) groups excluding carboxylic acids is 1. The molecule has 0 aliphatic rings. The van der Waals surface area contributed by atoms with Gasteiger partial charge in [-0.25, -0.2) is 9.59 Å².